The Morgan fingerprint density at radius 3 is 1.60 bits per heavy atom. The van der Waals surface area contributed by atoms with Gasteiger partial charge in [-0.3, -0.25) is 0 Å². The van der Waals surface area contributed by atoms with Gasteiger partial charge in [-0.2, -0.15) is 13.2 Å². The maximum absolute atomic E-state index is 11.6. The fraction of sp³-hybridized carbons (Fsp3) is 0.750. The first-order valence-corrected chi connectivity index (χ1v) is 2.19. The molecule has 10 heavy (non-hydrogen) atoms. The zero-order valence-corrected chi connectivity index (χ0v) is 4.62. The van der Waals surface area contributed by atoms with Gasteiger partial charge in [-0.15, -0.1) is 0 Å². The Bertz CT molecular complexity index is 107. The molecular formula is C4H4F5O. The van der Waals surface area contributed by atoms with Gasteiger partial charge in [-0.1, -0.05) is 0 Å². The zero-order valence-electron chi connectivity index (χ0n) is 4.62. The van der Waals surface area contributed by atoms with Crippen LogP contribution in [0.25, 0.3) is 0 Å². The first-order chi connectivity index (χ1) is 4.27. The highest BCUT2D eigenvalue weighted by Crippen LogP contribution is 2.29. The summed E-state index contributed by atoms with van der Waals surface area (Å²) in [7, 11) is 0. The first kappa shape index (κ1) is 9.61. The van der Waals surface area contributed by atoms with Crippen LogP contribution >= 0.6 is 0 Å². The largest absolute Gasteiger partial charge is 0.398 e. The van der Waals surface area contributed by atoms with E-state index in [2.05, 4.69) is 0 Å². The number of hydrogen-bond acceptors (Lipinski definition) is 1. The maximum Gasteiger partial charge on any atom is 0.398 e. The minimum absolute atomic E-state index is 1.15. The summed E-state index contributed by atoms with van der Waals surface area (Å²) in [5.74, 6) is -4.17. The van der Waals surface area contributed by atoms with Gasteiger partial charge in [0, 0.05) is 0 Å². The number of aliphatic hydroxyl groups is 1. The molecule has 0 fully saturated rings. The Kier molecular flexibility index (Phi) is 2.59. The lowest BCUT2D eigenvalue weighted by Gasteiger charge is -2.13. The van der Waals surface area contributed by atoms with Crippen LogP contribution in [0.1, 0.15) is 0 Å². The van der Waals surface area contributed by atoms with Crippen molar-refractivity contribution in [3.8, 4) is 0 Å². The molecule has 6 heteroatoms. The van der Waals surface area contributed by atoms with Crippen LogP contribution in [0.15, 0.2) is 0 Å². The lowest BCUT2D eigenvalue weighted by molar-refractivity contribution is -0.145. The molecule has 0 rings (SSSR count). The molecule has 0 saturated heterocycles. The molecule has 0 spiro atoms. The normalized spacial score (nSPS) is 13.8. The van der Waals surface area contributed by atoms with Crippen molar-refractivity contribution < 1.29 is 27.1 Å². The molecule has 61 valence electrons. The summed E-state index contributed by atoms with van der Waals surface area (Å²) in [4.78, 5) is 0. The second-order valence-corrected chi connectivity index (χ2v) is 1.61. The summed E-state index contributed by atoms with van der Waals surface area (Å²) in [6.07, 6.45) is -6.20. The van der Waals surface area contributed by atoms with Gasteiger partial charge in [0.25, 0.3) is 5.92 Å². The summed E-state index contributed by atoms with van der Waals surface area (Å²) in [5.41, 5.74) is 0. The summed E-state index contributed by atoms with van der Waals surface area (Å²) < 4.78 is 56.5. The minimum Gasteiger partial charge on any atom is -0.390 e. The topological polar surface area (TPSA) is 20.2 Å². The van der Waals surface area contributed by atoms with Crippen molar-refractivity contribution in [3.63, 3.8) is 0 Å². The van der Waals surface area contributed by atoms with Gasteiger partial charge in [-0.05, 0) is 0 Å². The van der Waals surface area contributed by atoms with Crippen molar-refractivity contribution in [1.82, 2.24) is 0 Å². The lowest BCUT2D eigenvalue weighted by atomic mass is 10.2. The van der Waals surface area contributed by atoms with Gasteiger partial charge in [0.05, 0.1) is 0 Å². The standard InChI is InChI=1S/C4H4F5O/c5-3(6,2-10)1-4(7,8)9/h1,10H,2H2. The second-order valence-electron chi connectivity index (χ2n) is 1.61. The van der Waals surface area contributed by atoms with E-state index < -0.39 is 25.1 Å². The van der Waals surface area contributed by atoms with E-state index in [1.807, 2.05) is 0 Å². The molecule has 0 saturated carbocycles. The van der Waals surface area contributed by atoms with Gasteiger partial charge >= 0.3 is 6.18 Å². The Labute approximate surface area is 53.5 Å². The van der Waals surface area contributed by atoms with E-state index in [0.717, 1.165) is 0 Å². The molecule has 0 aliphatic heterocycles. The van der Waals surface area contributed by atoms with Crippen LogP contribution in [0.4, 0.5) is 22.0 Å². The Morgan fingerprint density at radius 2 is 1.50 bits per heavy atom. The van der Waals surface area contributed by atoms with Crippen molar-refractivity contribution >= 4 is 0 Å². The van der Waals surface area contributed by atoms with Crippen molar-refractivity contribution in [3.05, 3.63) is 6.42 Å². The number of hydrogen-bond donors (Lipinski definition) is 1. The van der Waals surface area contributed by atoms with Gasteiger partial charge in [0.2, 0.25) is 0 Å². The minimum atomic E-state index is -5.05. The lowest BCUT2D eigenvalue weighted by Crippen LogP contribution is -2.30. The van der Waals surface area contributed by atoms with Gasteiger partial charge in [0.15, 0.2) is 0 Å². The van der Waals surface area contributed by atoms with E-state index in [1.54, 1.807) is 0 Å². The Hall–Kier alpha value is -0.390. The van der Waals surface area contributed by atoms with E-state index in [1.165, 1.54) is 0 Å². The van der Waals surface area contributed by atoms with Gasteiger partial charge in [-0.25, -0.2) is 8.78 Å². The summed E-state index contributed by atoms with van der Waals surface area (Å²) in [6.45, 7) is -1.83. The van der Waals surface area contributed by atoms with Crippen LogP contribution < -0.4 is 0 Å². The number of aliphatic hydroxyl groups excluding tert-OH is 1. The second kappa shape index (κ2) is 2.69. The van der Waals surface area contributed by atoms with Crippen molar-refractivity contribution in [2.75, 3.05) is 6.61 Å². The predicted octanol–water partition coefficient (Wildman–Crippen LogP) is 1.38. The molecule has 0 aliphatic rings. The molecule has 0 aromatic carbocycles. The van der Waals surface area contributed by atoms with Crippen LogP contribution in [0.2, 0.25) is 0 Å². The van der Waals surface area contributed by atoms with Crippen molar-refractivity contribution in [1.29, 1.82) is 0 Å². The van der Waals surface area contributed by atoms with Crippen LogP contribution in [-0.2, 0) is 0 Å². The van der Waals surface area contributed by atoms with Crippen molar-refractivity contribution in [2.45, 2.75) is 12.1 Å². The van der Waals surface area contributed by atoms with Crippen LogP contribution in [0, 0.1) is 6.42 Å². The maximum atomic E-state index is 11.6. The van der Waals surface area contributed by atoms with Crippen LogP contribution in [0.3, 0.4) is 0 Å². The molecule has 0 atom stereocenters. The molecular weight excluding hydrogens is 159 g/mol. The fourth-order valence-corrected chi connectivity index (χ4v) is 0.285. The molecule has 1 N–H and O–H groups in total. The van der Waals surface area contributed by atoms with Gasteiger partial charge < -0.3 is 5.11 Å². The highest BCUT2D eigenvalue weighted by Gasteiger charge is 2.43. The molecule has 0 heterocycles. The van der Waals surface area contributed by atoms with E-state index in [4.69, 9.17) is 5.11 Å². The molecule has 0 aromatic heterocycles. The molecule has 1 radical (unpaired) electrons. The number of rotatable bonds is 2. The highest BCUT2D eigenvalue weighted by atomic mass is 19.4. The SMILES string of the molecule is OCC(F)(F)[CH]C(F)(F)F. The molecule has 0 aliphatic carbocycles. The zero-order chi connectivity index (χ0) is 8.41. The number of alkyl halides is 5. The highest BCUT2D eigenvalue weighted by molar-refractivity contribution is 4.89. The Balaban J connectivity index is 3.89. The molecule has 0 aromatic rings. The molecule has 0 bridgehead atoms. The smallest absolute Gasteiger partial charge is 0.390 e. The monoisotopic (exact) mass is 163 g/mol. The average Bonchev–Trinajstić information content (AvgIpc) is 1.60. The third-order valence-corrected chi connectivity index (χ3v) is 0.586. The first-order valence-electron chi connectivity index (χ1n) is 2.19. The summed E-state index contributed by atoms with van der Waals surface area (Å²) in [6, 6.07) is 0. The molecule has 0 unspecified atom stereocenters. The third kappa shape index (κ3) is 4.49. The van der Waals surface area contributed by atoms with Crippen LogP contribution in [-0.4, -0.2) is 23.8 Å². The van der Waals surface area contributed by atoms with E-state index in [0.29, 0.717) is 0 Å². The van der Waals surface area contributed by atoms with E-state index in [-0.39, 0.29) is 0 Å². The van der Waals surface area contributed by atoms with Gasteiger partial charge in [0.1, 0.15) is 13.0 Å². The third-order valence-electron chi connectivity index (χ3n) is 0.586. The predicted molar refractivity (Wildman–Crippen MR) is 22.4 cm³/mol. The summed E-state index contributed by atoms with van der Waals surface area (Å²) in [5, 5.41) is 7.68. The quantitative estimate of drug-likeness (QED) is 0.609. The summed E-state index contributed by atoms with van der Waals surface area (Å²) >= 11 is 0. The van der Waals surface area contributed by atoms with Crippen LogP contribution in [0.5, 0.6) is 0 Å². The molecule has 1 nitrogen and oxygen atoms in total. The molecule has 0 amide bonds. The fourth-order valence-electron chi connectivity index (χ4n) is 0.285. The Morgan fingerprint density at radius 1 is 1.10 bits per heavy atom. The number of halogens is 5. The average molecular weight is 163 g/mol. The van der Waals surface area contributed by atoms with E-state index >= 15 is 0 Å². The van der Waals surface area contributed by atoms with Crippen molar-refractivity contribution in [2.24, 2.45) is 0 Å². The van der Waals surface area contributed by atoms with E-state index in [9.17, 15) is 22.0 Å².